The highest BCUT2D eigenvalue weighted by molar-refractivity contribution is 8.00. The van der Waals surface area contributed by atoms with Gasteiger partial charge in [-0.1, -0.05) is 6.07 Å². The summed E-state index contributed by atoms with van der Waals surface area (Å²) in [6, 6.07) is 5.01. The van der Waals surface area contributed by atoms with Crippen LogP contribution in [0.3, 0.4) is 0 Å². The number of thiophene rings is 1. The van der Waals surface area contributed by atoms with E-state index in [0.717, 1.165) is 15.8 Å². The molecular weight excluding hydrogens is 544 g/mol. The highest BCUT2D eigenvalue weighted by Gasteiger charge is 2.46. The highest BCUT2D eigenvalue weighted by Crippen LogP contribution is 2.47. The second-order valence-electron chi connectivity index (χ2n) is 8.59. The first-order valence-corrected chi connectivity index (χ1v) is 13.3. The van der Waals surface area contributed by atoms with Crippen molar-refractivity contribution in [1.29, 1.82) is 0 Å². The number of hydrogen-bond acceptors (Lipinski definition) is 9. The molecule has 1 fully saturated rings. The van der Waals surface area contributed by atoms with Crippen molar-refractivity contribution in [3.8, 4) is 5.75 Å². The monoisotopic (exact) mass is 563 g/mol. The number of amides is 1. The Bertz CT molecular complexity index is 1510. The quantitative estimate of drug-likeness (QED) is 0.377. The Morgan fingerprint density at radius 2 is 2.03 bits per heavy atom. The van der Waals surface area contributed by atoms with E-state index in [4.69, 9.17) is 14.6 Å². The number of morpholine rings is 1. The van der Waals surface area contributed by atoms with E-state index >= 15 is 4.39 Å². The van der Waals surface area contributed by atoms with Gasteiger partial charge in [0.25, 0.3) is 5.91 Å². The molecule has 0 radical (unpaired) electrons. The maximum absolute atomic E-state index is 15.1. The first-order chi connectivity index (χ1) is 18.4. The Balaban J connectivity index is 1.59. The van der Waals surface area contributed by atoms with E-state index < -0.39 is 48.1 Å². The first-order valence-electron chi connectivity index (χ1n) is 11.4. The molecule has 1 amide bonds. The lowest BCUT2D eigenvalue weighted by Crippen LogP contribution is -2.66. The summed E-state index contributed by atoms with van der Waals surface area (Å²) in [5.74, 6) is -2.58. The Morgan fingerprint density at radius 1 is 1.18 bits per heavy atom. The van der Waals surface area contributed by atoms with Crippen LogP contribution in [0, 0.1) is 11.6 Å². The molecule has 14 heteroatoms. The van der Waals surface area contributed by atoms with Crippen LogP contribution < -0.4 is 15.2 Å². The summed E-state index contributed by atoms with van der Waals surface area (Å²) >= 11 is 2.87. The molecule has 3 aliphatic heterocycles. The summed E-state index contributed by atoms with van der Waals surface area (Å²) in [5, 5.41) is 12.5. The SMILES string of the molecule is O=C(O)OCOc1c2n(ccc1=O)N([C@@H]1c3ccsc3SCc3c1ccc(F)c3F)[C@@H]1COCCN1C2=O. The lowest BCUT2D eigenvalue weighted by atomic mass is 9.94. The minimum Gasteiger partial charge on any atom is -0.451 e. The molecule has 1 N–H and O–H groups in total. The smallest absolute Gasteiger partial charge is 0.451 e. The maximum atomic E-state index is 15.1. The van der Waals surface area contributed by atoms with E-state index in [0.29, 0.717) is 5.56 Å². The average molecular weight is 564 g/mol. The van der Waals surface area contributed by atoms with Gasteiger partial charge in [0.15, 0.2) is 17.3 Å². The number of benzene rings is 1. The largest absolute Gasteiger partial charge is 0.508 e. The molecule has 2 aromatic heterocycles. The fraction of sp³-hybridized carbons (Fsp3) is 0.292. The van der Waals surface area contributed by atoms with Crippen LogP contribution in [-0.2, 0) is 15.2 Å². The number of thioether (sulfide) groups is 1. The van der Waals surface area contributed by atoms with Crippen molar-refractivity contribution in [1.82, 2.24) is 9.58 Å². The summed E-state index contributed by atoms with van der Waals surface area (Å²) in [6.45, 7) is -0.218. The predicted molar refractivity (Wildman–Crippen MR) is 131 cm³/mol. The molecule has 0 unspecified atom stereocenters. The van der Waals surface area contributed by atoms with Crippen LogP contribution in [0.25, 0.3) is 0 Å². The minimum atomic E-state index is -1.61. The number of pyridine rings is 1. The van der Waals surface area contributed by atoms with Crippen LogP contribution in [0.5, 0.6) is 5.75 Å². The third kappa shape index (κ3) is 3.90. The van der Waals surface area contributed by atoms with Gasteiger partial charge in [0.2, 0.25) is 18.0 Å². The topological polar surface area (TPSA) is 111 Å². The van der Waals surface area contributed by atoms with Crippen molar-refractivity contribution in [2.75, 3.05) is 31.6 Å². The van der Waals surface area contributed by atoms with Gasteiger partial charge < -0.3 is 24.2 Å². The standard InChI is InChI=1S/C24H19F2N3O7S2/c25-15-2-1-12-14(18(15)26)10-38-23-13(4-8-37-23)19(12)29-17-9-34-7-6-27(17)22(31)20-21(35-11-36-24(32)33)16(30)3-5-28(20)29/h1-5,8,17,19H,6-7,9-11H2,(H,32,33)/t17-,19+/m1/s1. The fourth-order valence-electron chi connectivity index (χ4n) is 5.02. The van der Waals surface area contributed by atoms with Gasteiger partial charge in [-0.2, -0.15) is 0 Å². The number of rotatable bonds is 4. The molecule has 1 saturated heterocycles. The number of ether oxygens (including phenoxy) is 3. The number of hydrogen-bond donors (Lipinski definition) is 1. The number of carbonyl (C=O) groups is 2. The van der Waals surface area contributed by atoms with Crippen LogP contribution in [-0.4, -0.2) is 59.5 Å². The van der Waals surface area contributed by atoms with E-state index in [9.17, 15) is 18.8 Å². The first kappa shape index (κ1) is 24.7. The van der Waals surface area contributed by atoms with Gasteiger partial charge in [-0.3, -0.25) is 19.3 Å². The summed E-state index contributed by atoms with van der Waals surface area (Å²) in [4.78, 5) is 38.9. The molecule has 10 nitrogen and oxygen atoms in total. The zero-order valence-electron chi connectivity index (χ0n) is 19.5. The zero-order valence-corrected chi connectivity index (χ0v) is 21.1. The van der Waals surface area contributed by atoms with Gasteiger partial charge in [0, 0.05) is 35.7 Å². The number of nitrogens with zero attached hydrogens (tertiary/aromatic N) is 3. The van der Waals surface area contributed by atoms with E-state index in [1.165, 1.54) is 51.0 Å². The minimum absolute atomic E-state index is 0.123. The van der Waals surface area contributed by atoms with Crippen LogP contribution in [0.15, 0.2) is 44.8 Å². The van der Waals surface area contributed by atoms with Gasteiger partial charge in [-0.15, -0.1) is 23.1 Å². The normalized spacial score (nSPS) is 20.1. The van der Waals surface area contributed by atoms with Crippen LogP contribution >= 0.6 is 23.1 Å². The lowest BCUT2D eigenvalue weighted by molar-refractivity contribution is -0.0207. The van der Waals surface area contributed by atoms with Crippen LogP contribution in [0.2, 0.25) is 0 Å². The number of halogens is 2. The number of aromatic nitrogens is 1. The number of carbonyl (C=O) groups excluding carboxylic acids is 1. The zero-order chi connectivity index (χ0) is 26.6. The van der Waals surface area contributed by atoms with Gasteiger partial charge in [0.05, 0.1) is 17.4 Å². The Kier molecular flexibility index (Phi) is 6.24. The third-order valence-corrected chi connectivity index (χ3v) is 8.93. The molecule has 38 heavy (non-hydrogen) atoms. The van der Waals surface area contributed by atoms with Crippen LogP contribution in [0.1, 0.15) is 33.2 Å². The fourth-order valence-corrected chi connectivity index (χ4v) is 7.21. The van der Waals surface area contributed by atoms with E-state index in [-0.39, 0.29) is 42.5 Å². The predicted octanol–water partition coefficient (Wildman–Crippen LogP) is 3.36. The van der Waals surface area contributed by atoms with E-state index in [2.05, 4.69) is 4.74 Å². The Morgan fingerprint density at radius 3 is 2.84 bits per heavy atom. The molecule has 0 aliphatic carbocycles. The van der Waals surface area contributed by atoms with Crippen molar-refractivity contribution in [2.24, 2.45) is 0 Å². The highest BCUT2D eigenvalue weighted by atomic mass is 32.2. The van der Waals surface area contributed by atoms with Gasteiger partial charge >= 0.3 is 6.16 Å². The Labute approximate surface area is 221 Å². The third-order valence-electron chi connectivity index (χ3n) is 6.63. The molecule has 0 bridgehead atoms. The molecule has 2 atom stereocenters. The molecular formula is C24H19F2N3O7S2. The molecule has 5 heterocycles. The van der Waals surface area contributed by atoms with Gasteiger partial charge in [-0.25, -0.2) is 13.6 Å². The van der Waals surface area contributed by atoms with Crippen LogP contribution in [0.4, 0.5) is 13.6 Å². The summed E-state index contributed by atoms with van der Waals surface area (Å²) in [6.07, 6.45) is -0.852. The second kappa shape index (κ2) is 9.60. The van der Waals surface area contributed by atoms with Gasteiger partial charge in [0.1, 0.15) is 12.2 Å². The summed E-state index contributed by atoms with van der Waals surface area (Å²) in [7, 11) is 0. The van der Waals surface area contributed by atoms with Crippen molar-refractivity contribution in [3.63, 3.8) is 0 Å². The molecule has 3 aliphatic rings. The summed E-state index contributed by atoms with van der Waals surface area (Å²) < 4.78 is 47.3. The molecule has 0 saturated carbocycles. The molecule has 6 rings (SSSR count). The van der Waals surface area contributed by atoms with Crippen molar-refractivity contribution in [3.05, 3.63) is 80.1 Å². The summed E-state index contributed by atoms with van der Waals surface area (Å²) in [5.41, 5.74) is 0.757. The second-order valence-corrected chi connectivity index (χ2v) is 10.8. The molecule has 3 aromatic rings. The number of carboxylic acid groups (broad SMARTS) is 1. The van der Waals surface area contributed by atoms with E-state index in [1.54, 1.807) is 5.01 Å². The van der Waals surface area contributed by atoms with Crippen molar-refractivity contribution in [2.45, 2.75) is 22.2 Å². The Hall–Kier alpha value is -3.62. The van der Waals surface area contributed by atoms with Gasteiger partial charge in [-0.05, 0) is 23.1 Å². The van der Waals surface area contributed by atoms with E-state index in [1.807, 2.05) is 11.4 Å². The number of fused-ring (bicyclic) bond motifs is 4. The average Bonchev–Trinajstić information content (AvgIpc) is 3.30. The molecule has 0 spiro atoms. The molecule has 1 aromatic carbocycles. The lowest BCUT2D eigenvalue weighted by Gasteiger charge is -2.51. The van der Waals surface area contributed by atoms with Crippen molar-refractivity contribution >= 4 is 35.2 Å². The molecule has 198 valence electrons. The maximum Gasteiger partial charge on any atom is 0.508 e. The van der Waals surface area contributed by atoms with Crippen molar-refractivity contribution < 1.29 is 37.7 Å².